The van der Waals surface area contributed by atoms with Crippen LogP contribution < -0.4 is 5.32 Å². The SMILES string of the molecule is CC[C@H](C)[C@H](NC(=O)COC(=O)c1cc2c(s1)CCCCC2)C(=O)OC. The molecule has 0 aliphatic heterocycles. The van der Waals surface area contributed by atoms with E-state index in [2.05, 4.69) is 5.32 Å². The fraction of sp³-hybridized carbons (Fsp3) is 0.632. The van der Waals surface area contributed by atoms with Crippen molar-refractivity contribution in [1.82, 2.24) is 5.32 Å². The molecule has 0 aromatic carbocycles. The molecule has 26 heavy (non-hydrogen) atoms. The van der Waals surface area contributed by atoms with Gasteiger partial charge in [0.25, 0.3) is 5.91 Å². The molecule has 0 saturated heterocycles. The number of rotatable bonds is 7. The second-order valence-electron chi connectivity index (χ2n) is 6.65. The number of ether oxygens (including phenoxy) is 2. The van der Waals surface area contributed by atoms with Crippen LogP contribution in [0.4, 0.5) is 0 Å². The number of thiophene rings is 1. The average molecular weight is 381 g/mol. The van der Waals surface area contributed by atoms with Crippen molar-refractivity contribution in [2.75, 3.05) is 13.7 Å². The number of hydrogen-bond donors (Lipinski definition) is 1. The molecule has 1 amide bonds. The van der Waals surface area contributed by atoms with Gasteiger partial charge >= 0.3 is 11.9 Å². The van der Waals surface area contributed by atoms with Crippen LogP contribution in [0.15, 0.2) is 6.07 Å². The van der Waals surface area contributed by atoms with Crippen LogP contribution in [0.2, 0.25) is 0 Å². The molecule has 2 rings (SSSR count). The van der Waals surface area contributed by atoms with Gasteiger partial charge in [0.15, 0.2) is 6.61 Å². The summed E-state index contributed by atoms with van der Waals surface area (Å²) in [6.45, 7) is 3.37. The summed E-state index contributed by atoms with van der Waals surface area (Å²) >= 11 is 1.46. The largest absolute Gasteiger partial charge is 0.467 e. The van der Waals surface area contributed by atoms with Gasteiger partial charge in [0.05, 0.1) is 7.11 Å². The number of carbonyl (C=O) groups is 3. The monoisotopic (exact) mass is 381 g/mol. The fourth-order valence-corrected chi connectivity index (χ4v) is 4.13. The maximum absolute atomic E-state index is 12.2. The van der Waals surface area contributed by atoms with E-state index in [9.17, 15) is 14.4 Å². The van der Waals surface area contributed by atoms with Crippen molar-refractivity contribution in [2.24, 2.45) is 5.92 Å². The first-order chi connectivity index (χ1) is 12.5. The topological polar surface area (TPSA) is 81.7 Å². The third-order valence-corrected chi connectivity index (χ3v) is 5.98. The summed E-state index contributed by atoms with van der Waals surface area (Å²) in [6, 6.07) is 1.15. The van der Waals surface area contributed by atoms with E-state index in [-0.39, 0.29) is 5.92 Å². The van der Waals surface area contributed by atoms with Gasteiger partial charge in [0, 0.05) is 4.88 Å². The molecular formula is C19H27NO5S. The van der Waals surface area contributed by atoms with E-state index in [1.54, 1.807) is 0 Å². The van der Waals surface area contributed by atoms with Crippen LogP contribution in [0, 0.1) is 5.92 Å². The molecule has 7 heteroatoms. The first-order valence-electron chi connectivity index (χ1n) is 9.12. The highest BCUT2D eigenvalue weighted by Crippen LogP contribution is 2.29. The maximum atomic E-state index is 12.2. The molecule has 1 aliphatic rings. The van der Waals surface area contributed by atoms with Gasteiger partial charge in [-0.2, -0.15) is 0 Å². The molecule has 0 saturated carbocycles. The van der Waals surface area contributed by atoms with E-state index >= 15 is 0 Å². The molecule has 1 N–H and O–H groups in total. The molecule has 1 aromatic rings. The minimum Gasteiger partial charge on any atom is -0.467 e. The van der Waals surface area contributed by atoms with Crippen LogP contribution in [0.25, 0.3) is 0 Å². The summed E-state index contributed by atoms with van der Waals surface area (Å²) in [5, 5.41) is 2.60. The van der Waals surface area contributed by atoms with Crippen LogP contribution in [0.3, 0.4) is 0 Å². The summed E-state index contributed by atoms with van der Waals surface area (Å²) in [5.41, 5.74) is 1.23. The van der Waals surface area contributed by atoms with E-state index in [1.807, 2.05) is 19.9 Å². The van der Waals surface area contributed by atoms with Crippen LogP contribution in [-0.2, 0) is 31.9 Å². The Morgan fingerprint density at radius 3 is 2.65 bits per heavy atom. The van der Waals surface area contributed by atoms with Crippen LogP contribution in [0.1, 0.15) is 59.6 Å². The van der Waals surface area contributed by atoms with Crippen LogP contribution in [-0.4, -0.2) is 37.6 Å². The highest BCUT2D eigenvalue weighted by atomic mass is 32.1. The molecule has 2 atom stereocenters. The fourth-order valence-electron chi connectivity index (χ4n) is 2.98. The Morgan fingerprint density at radius 1 is 1.23 bits per heavy atom. The number of methoxy groups -OCH3 is 1. The second kappa shape index (κ2) is 9.71. The standard InChI is InChI=1S/C19H27NO5S/c1-4-12(2)17(19(23)24-3)20-16(21)11-25-18(22)15-10-13-8-6-5-7-9-14(13)26-15/h10,12,17H,4-9,11H2,1-3H3,(H,20,21)/t12-,17-/m0/s1. The highest BCUT2D eigenvalue weighted by molar-refractivity contribution is 7.14. The zero-order valence-electron chi connectivity index (χ0n) is 15.6. The van der Waals surface area contributed by atoms with Gasteiger partial charge in [-0.1, -0.05) is 26.7 Å². The molecule has 1 aromatic heterocycles. The third-order valence-electron chi connectivity index (χ3n) is 4.77. The number of amides is 1. The lowest BCUT2D eigenvalue weighted by molar-refractivity contribution is -0.147. The molecule has 0 unspecified atom stereocenters. The molecule has 6 nitrogen and oxygen atoms in total. The molecule has 144 valence electrons. The summed E-state index contributed by atoms with van der Waals surface area (Å²) in [7, 11) is 1.28. The number of aryl methyl sites for hydroxylation is 2. The molecule has 0 fully saturated rings. The van der Waals surface area contributed by atoms with Gasteiger partial charge in [0.2, 0.25) is 0 Å². The summed E-state index contributed by atoms with van der Waals surface area (Å²) in [4.78, 5) is 37.9. The van der Waals surface area contributed by atoms with Crippen molar-refractivity contribution in [3.63, 3.8) is 0 Å². The van der Waals surface area contributed by atoms with Crippen LogP contribution in [0.5, 0.6) is 0 Å². The normalized spacial score (nSPS) is 16.0. The molecule has 0 spiro atoms. The summed E-state index contributed by atoms with van der Waals surface area (Å²) in [6.07, 6.45) is 6.22. The Kier molecular flexibility index (Phi) is 7.63. The van der Waals surface area contributed by atoms with Gasteiger partial charge in [-0.15, -0.1) is 11.3 Å². The Balaban J connectivity index is 1.90. The van der Waals surface area contributed by atoms with Crippen molar-refractivity contribution in [3.8, 4) is 0 Å². The predicted octanol–water partition coefficient (Wildman–Crippen LogP) is 2.88. The Bertz CT molecular complexity index is 631. The smallest absolute Gasteiger partial charge is 0.348 e. The first-order valence-corrected chi connectivity index (χ1v) is 9.93. The van der Waals surface area contributed by atoms with Gasteiger partial charge in [-0.05, 0) is 43.2 Å². The lowest BCUT2D eigenvalue weighted by Gasteiger charge is -2.21. The molecule has 1 heterocycles. The predicted molar refractivity (Wildman–Crippen MR) is 99.3 cm³/mol. The van der Waals surface area contributed by atoms with E-state index in [0.717, 1.165) is 25.7 Å². The lowest BCUT2D eigenvalue weighted by Crippen LogP contribution is -2.47. The van der Waals surface area contributed by atoms with Crippen LogP contribution >= 0.6 is 11.3 Å². The summed E-state index contributed by atoms with van der Waals surface area (Å²) < 4.78 is 9.86. The number of esters is 2. The molecule has 0 bridgehead atoms. The highest BCUT2D eigenvalue weighted by Gasteiger charge is 2.27. The van der Waals surface area contributed by atoms with Crippen molar-refractivity contribution < 1.29 is 23.9 Å². The third kappa shape index (κ3) is 5.30. The molecule has 0 radical (unpaired) electrons. The van der Waals surface area contributed by atoms with Gasteiger partial charge in [-0.25, -0.2) is 9.59 Å². The van der Waals surface area contributed by atoms with Crippen molar-refractivity contribution >= 4 is 29.2 Å². The number of fused-ring (bicyclic) bond motifs is 1. The lowest BCUT2D eigenvalue weighted by atomic mass is 9.99. The zero-order chi connectivity index (χ0) is 19.1. The van der Waals surface area contributed by atoms with Gasteiger partial charge < -0.3 is 14.8 Å². The first kappa shape index (κ1) is 20.4. The van der Waals surface area contributed by atoms with Crippen molar-refractivity contribution in [3.05, 3.63) is 21.4 Å². The second-order valence-corrected chi connectivity index (χ2v) is 7.79. The van der Waals surface area contributed by atoms with E-state index in [4.69, 9.17) is 9.47 Å². The van der Waals surface area contributed by atoms with Crippen molar-refractivity contribution in [2.45, 2.75) is 58.4 Å². The molecular weight excluding hydrogens is 354 g/mol. The number of nitrogens with one attached hydrogen (secondary N) is 1. The average Bonchev–Trinajstić information content (AvgIpc) is 2.93. The van der Waals surface area contributed by atoms with E-state index in [0.29, 0.717) is 11.3 Å². The Morgan fingerprint density at radius 2 is 1.96 bits per heavy atom. The minimum atomic E-state index is -0.742. The molecule has 1 aliphatic carbocycles. The van der Waals surface area contributed by atoms with E-state index in [1.165, 1.54) is 35.3 Å². The van der Waals surface area contributed by atoms with Gasteiger partial charge in [0.1, 0.15) is 10.9 Å². The number of hydrogen-bond acceptors (Lipinski definition) is 6. The minimum absolute atomic E-state index is 0.0740. The Labute approximate surface area is 158 Å². The quantitative estimate of drug-likeness (QED) is 0.580. The number of carbonyl (C=O) groups excluding carboxylic acids is 3. The van der Waals surface area contributed by atoms with Crippen molar-refractivity contribution in [1.29, 1.82) is 0 Å². The maximum Gasteiger partial charge on any atom is 0.348 e. The van der Waals surface area contributed by atoms with E-state index < -0.39 is 30.5 Å². The van der Waals surface area contributed by atoms with Gasteiger partial charge in [-0.3, -0.25) is 4.79 Å². The zero-order valence-corrected chi connectivity index (χ0v) is 16.4. The Hall–Kier alpha value is -1.89. The summed E-state index contributed by atoms with van der Waals surface area (Å²) in [5.74, 6) is -1.57.